The van der Waals surface area contributed by atoms with Crippen LogP contribution in [-0.2, 0) is 52.5 Å². The van der Waals surface area contributed by atoms with E-state index in [4.69, 9.17) is 98.4 Å². The maximum atomic E-state index is 13.0. The van der Waals surface area contributed by atoms with Gasteiger partial charge in [0.05, 0.1) is 12.1 Å². The van der Waals surface area contributed by atoms with E-state index in [1.54, 1.807) is 90.0 Å². The van der Waals surface area contributed by atoms with Crippen molar-refractivity contribution in [3.8, 4) is 0 Å². The first-order valence-corrected chi connectivity index (χ1v) is 32.9. The number of alkyl halides is 6. The van der Waals surface area contributed by atoms with E-state index in [2.05, 4.69) is 26.8 Å². The number of alkyl carbamates (subject to hydrolysis) is 1. The van der Waals surface area contributed by atoms with Crippen LogP contribution in [0.1, 0.15) is 194 Å². The van der Waals surface area contributed by atoms with E-state index in [9.17, 15) is 43.2 Å². The van der Waals surface area contributed by atoms with Gasteiger partial charge in [-0.3, -0.25) is 43.8 Å². The number of amides is 6. The molecular formula is C59H104Cl6N9O15+. The maximum Gasteiger partial charge on any atom is 0.410 e. The lowest BCUT2D eigenvalue weighted by Crippen LogP contribution is -2.95. The number of aliphatic carboxylic acids is 1. The number of hydrogen-bond donors (Lipinski definition) is 6. The molecule has 89 heavy (non-hydrogen) atoms. The SMILES string of the molecule is C1CCC([NH2+]C2CCCCC2)CC1.CC(C)[C@@H](C(=O)N[C@@H](C)C(=O)N1CCC[C@@H](C(=O)OCC(Cl)(Cl)Cl)N1)N(C)C(=O)OC(C)(C)C.CC(C)[C@@H](C(=O)O)N(C)C(=O)OC(C)(C)C.C[C@H](NC(=O)OC(C)(C)C)C(=O)N1CCC[C@@H](C(=O)OCC(Cl)(Cl)Cl)N1. The second-order valence-corrected chi connectivity index (χ2v) is 31.6. The fourth-order valence-electron chi connectivity index (χ4n) is 9.87. The first kappa shape index (κ1) is 83.3. The molecule has 0 aromatic heterocycles. The van der Waals surface area contributed by atoms with Crippen LogP contribution in [0.15, 0.2) is 0 Å². The largest absolute Gasteiger partial charge is 0.480 e. The zero-order valence-electron chi connectivity index (χ0n) is 55.3. The number of nitrogens with zero attached hydrogens (tertiary/aromatic N) is 4. The second kappa shape index (κ2) is 38.4. The predicted octanol–water partition coefficient (Wildman–Crippen LogP) is 9.28. The number of esters is 2. The summed E-state index contributed by atoms with van der Waals surface area (Å²) in [6.07, 6.45) is 15.0. The number of carbonyl (C=O) groups excluding carboxylic acids is 8. The molecule has 6 amide bonds. The highest BCUT2D eigenvalue weighted by Crippen LogP contribution is 2.28. The van der Waals surface area contributed by atoms with Gasteiger partial charge in [-0.15, -0.1) is 0 Å². The van der Waals surface area contributed by atoms with Gasteiger partial charge in [0, 0.05) is 27.2 Å². The molecule has 2 heterocycles. The van der Waals surface area contributed by atoms with E-state index >= 15 is 0 Å². The van der Waals surface area contributed by atoms with Crippen molar-refractivity contribution in [2.75, 3.05) is 40.4 Å². The Morgan fingerprint density at radius 3 is 1.17 bits per heavy atom. The number of halogens is 6. The van der Waals surface area contributed by atoms with Gasteiger partial charge in [-0.05, 0) is 165 Å². The molecule has 4 fully saturated rings. The van der Waals surface area contributed by atoms with Gasteiger partial charge in [0.25, 0.3) is 11.8 Å². The quantitative estimate of drug-likeness (QED) is 0.0476. The molecular weight excluding hydrogens is 1290 g/mol. The fraction of sp³-hybridized carbons (Fsp3) is 0.847. The van der Waals surface area contributed by atoms with Crippen molar-refractivity contribution in [1.82, 2.24) is 41.3 Å². The lowest BCUT2D eigenvalue weighted by atomic mass is 9.91. The Morgan fingerprint density at radius 1 is 0.517 bits per heavy atom. The molecule has 0 spiro atoms. The molecule has 0 unspecified atom stereocenters. The van der Waals surface area contributed by atoms with Gasteiger partial charge >= 0.3 is 36.2 Å². The molecule has 24 nitrogen and oxygen atoms in total. The smallest absolute Gasteiger partial charge is 0.410 e. The van der Waals surface area contributed by atoms with E-state index in [0.29, 0.717) is 38.8 Å². The molecule has 4 rings (SSSR count). The molecule has 7 N–H and O–H groups in total. The number of carboxylic acids is 1. The van der Waals surface area contributed by atoms with E-state index in [1.165, 1.54) is 107 Å². The van der Waals surface area contributed by atoms with Gasteiger partial charge in [0.15, 0.2) is 0 Å². The number of nitrogens with two attached hydrogens (primary N) is 1. The molecule has 2 saturated carbocycles. The van der Waals surface area contributed by atoms with Crippen LogP contribution >= 0.6 is 69.6 Å². The number of carboxylic acid groups (broad SMARTS) is 1. The maximum absolute atomic E-state index is 13.0. The third-order valence-electron chi connectivity index (χ3n) is 13.9. The zero-order valence-corrected chi connectivity index (χ0v) is 59.8. The van der Waals surface area contributed by atoms with E-state index in [0.717, 1.165) is 17.0 Å². The molecule has 0 aromatic carbocycles. The summed E-state index contributed by atoms with van der Waals surface area (Å²) in [5.41, 5.74) is 3.57. The van der Waals surface area contributed by atoms with Crippen molar-refractivity contribution in [3.05, 3.63) is 0 Å². The van der Waals surface area contributed by atoms with Crippen molar-refractivity contribution in [3.63, 3.8) is 0 Å². The Morgan fingerprint density at radius 2 is 0.854 bits per heavy atom. The van der Waals surface area contributed by atoms with Gasteiger partial charge in [-0.25, -0.2) is 30.0 Å². The molecule has 0 bridgehead atoms. The van der Waals surface area contributed by atoms with Crippen LogP contribution in [0.3, 0.4) is 0 Å². The summed E-state index contributed by atoms with van der Waals surface area (Å²) in [5, 5.41) is 19.4. The van der Waals surface area contributed by atoms with Gasteiger partial charge in [-0.1, -0.05) is 110 Å². The highest BCUT2D eigenvalue weighted by atomic mass is 35.6. The van der Waals surface area contributed by atoms with Crippen molar-refractivity contribution in [2.24, 2.45) is 11.8 Å². The Labute approximate surface area is 557 Å². The van der Waals surface area contributed by atoms with Crippen molar-refractivity contribution in [1.29, 1.82) is 0 Å². The Hall–Kier alpha value is -3.75. The van der Waals surface area contributed by atoms with Crippen LogP contribution in [0.2, 0.25) is 0 Å². The fourth-order valence-corrected chi connectivity index (χ4v) is 10.2. The van der Waals surface area contributed by atoms with E-state index in [-0.39, 0.29) is 18.4 Å². The van der Waals surface area contributed by atoms with Crippen molar-refractivity contribution in [2.45, 2.75) is 266 Å². The van der Waals surface area contributed by atoms with Crippen LogP contribution in [0.25, 0.3) is 0 Å². The molecule has 2 saturated heterocycles. The number of nitrogens with one attached hydrogen (secondary N) is 4. The molecule has 30 heteroatoms. The van der Waals surface area contributed by atoms with Gasteiger partial charge in [-0.2, -0.15) is 0 Å². The Bertz CT molecular complexity index is 2250. The topological polar surface area (TPSA) is 298 Å². The van der Waals surface area contributed by atoms with Crippen LogP contribution in [-0.4, -0.2) is 192 Å². The molecule has 2 aliphatic carbocycles. The first-order chi connectivity index (χ1) is 40.7. The summed E-state index contributed by atoms with van der Waals surface area (Å²) < 4.78 is 22.1. The summed E-state index contributed by atoms with van der Waals surface area (Å²) in [5.74, 6) is -4.08. The molecule has 0 aromatic rings. The molecule has 516 valence electrons. The second-order valence-electron chi connectivity index (χ2n) is 26.6. The summed E-state index contributed by atoms with van der Waals surface area (Å²) in [4.78, 5) is 112. The third-order valence-corrected chi connectivity index (χ3v) is 14.5. The van der Waals surface area contributed by atoms with E-state index in [1.807, 2.05) is 0 Å². The molecule has 0 radical (unpaired) electrons. The van der Waals surface area contributed by atoms with Crippen LogP contribution < -0.4 is 26.8 Å². The van der Waals surface area contributed by atoms with Gasteiger partial charge in [0.2, 0.25) is 13.5 Å². The number of quaternary nitrogens is 1. The van der Waals surface area contributed by atoms with E-state index < -0.39 is 121 Å². The van der Waals surface area contributed by atoms with Crippen LogP contribution in [0.5, 0.6) is 0 Å². The third kappa shape index (κ3) is 35.2. The Kier molecular flexibility index (Phi) is 36.0. The zero-order chi connectivity index (χ0) is 68.6. The minimum Gasteiger partial charge on any atom is -0.480 e. The average molecular weight is 1390 g/mol. The molecule has 4 aliphatic rings. The predicted molar refractivity (Wildman–Crippen MR) is 343 cm³/mol. The lowest BCUT2D eigenvalue weighted by Gasteiger charge is -2.35. The minimum absolute atomic E-state index is 0.171. The summed E-state index contributed by atoms with van der Waals surface area (Å²) in [6.45, 7) is 25.6. The number of ether oxygens (including phenoxy) is 5. The Balaban J connectivity index is 0.000000632. The van der Waals surface area contributed by atoms with Gasteiger partial charge < -0.3 is 44.7 Å². The number of hydrazine groups is 2. The number of rotatable bonds is 16. The molecule has 2 aliphatic heterocycles. The number of carbonyl (C=O) groups is 9. The van der Waals surface area contributed by atoms with Crippen molar-refractivity contribution < 1.29 is 77.3 Å². The normalized spacial score (nSPS) is 19.3. The summed E-state index contributed by atoms with van der Waals surface area (Å²) in [6, 6.07) is -3.03. The highest BCUT2D eigenvalue weighted by Gasteiger charge is 2.39. The van der Waals surface area contributed by atoms with Crippen LogP contribution in [0.4, 0.5) is 14.4 Å². The minimum atomic E-state index is -1.74. The number of likely N-dealkylation sites (N-methyl/N-ethyl adjacent to an activating group) is 2. The first-order valence-electron chi connectivity index (χ1n) is 30.6. The molecule has 6 atom stereocenters. The summed E-state index contributed by atoms with van der Waals surface area (Å²) >= 11 is 33.4. The summed E-state index contributed by atoms with van der Waals surface area (Å²) in [7, 11) is 2.91. The lowest BCUT2D eigenvalue weighted by molar-refractivity contribution is -0.725. The highest BCUT2D eigenvalue weighted by molar-refractivity contribution is 6.68. The number of hydrogen-bond acceptors (Lipinski definition) is 16. The van der Waals surface area contributed by atoms with Crippen molar-refractivity contribution >= 4 is 124 Å². The van der Waals surface area contributed by atoms with Crippen LogP contribution in [0, 0.1) is 11.8 Å². The monoisotopic (exact) mass is 1390 g/mol. The van der Waals surface area contributed by atoms with Gasteiger partial charge in [0.1, 0.15) is 66.3 Å². The average Bonchev–Trinajstić information content (AvgIpc) is 2.24. The standard InChI is InChI=1S/C21H35Cl3N4O6.C15H24Cl3N3O5.C12H23N.C11H21NO4/c1-12(2)15(27(7)19(32)34-20(4,5)6)16(29)25-13(3)17(30)28-10-8-9-14(26-28)18(31)33-11-21(22,23)24;1-9(19-13(24)26-14(2,3)4)11(22)21-7-5-6-10(20-21)12(23)25-8-15(16,17)18;1-3-7-11(8-4-1)13-12-9-5-2-6-10-12;1-7(2)8(9(13)14)12(6)10(15)16-11(3,4)5/h12-15,26H,8-11H2,1-7H3,(H,25,29);9-10,20H,5-8H2,1-4H3,(H,19,24);11-13H,1-10H2;7-8H,1-6H3,(H,13,14)/p+1/t13-,14-,15-;9-,10-;;8-/m00.0/s1.